The summed E-state index contributed by atoms with van der Waals surface area (Å²) in [7, 11) is 0. The smallest absolute Gasteiger partial charge is 0.123 e. The Morgan fingerprint density at radius 2 is 2.00 bits per heavy atom. The SMILES string of the molecule is CCOc1ccccc1CNC(CO)C(C)C. The summed E-state index contributed by atoms with van der Waals surface area (Å²) in [6.07, 6.45) is 0. The summed E-state index contributed by atoms with van der Waals surface area (Å²) in [4.78, 5) is 0. The number of aliphatic hydroxyl groups is 1. The van der Waals surface area contributed by atoms with Gasteiger partial charge in [-0.05, 0) is 18.9 Å². The van der Waals surface area contributed by atoms with Crippen LogP contribution in [0.5, 0.6) is 5.75 Å². The average Bonchev–Trinajstić information content (AvgIpc) is 2.32. The molecular weight excluding hydrogens is 214 g/mol. The summed E-state index contributed by atoms with van der Waals surface area (Å²) in [5.41, 5.74) is 1.13. The molecule has 1 aromatic carbocycles. The third-order valence-electron chi connectivity index (χ3n) is 2.83. The monoisotopic (exact) mass is 237 g/mol. The minimum absolute atomic E-state index is 0.129. The van der Waals surface area contributed by atoms with Crippen LogP contribution in [0, 0.1) is 5.92 Å². The predicted molar refractivity (Wildman–Crippen MR) is 70.2 cm³/mol. The molecule has 1 atom stereocenters. The largest absolute Gasteiger partial charge is 0.494 e. The Hall–Kier alpha value is -1.06. The van der Waals surface area contributed by atoms with Crippen LogP contribution in [0.25, 0.3) is 0 Å². The molecule has 0 bridgehead atoms. The van der Waals surface area contributed by atoms with E-state index in [0.717, 1.165) is 17.9 Å². The predicted octanol–water partition coefficient (Wildman–Crippen LogP) is 2.19. The Labute approximate surface area is 104 Å². The van der Waals surface area contributed by atoms with Crippen LogP contribution < -0.4 is 10.1 Å². The molecule has 0 aliphatic carbocycles. The highest BCUT2D eigenvalue weighted by atomic mass is 16.5. The quantitative estimate of drug-likeness (QED) is 0.764. The fraction of sp³-hybridized carbons (Fsp3) is 0.571. The van der Waals surface area contributed by atoms with Crippen LogP contribution in [-0.2, 0) is 6.54 Å². The molecule has 0 spiro atoms. The molecule has 1 unspecified atom stereocenters. The number of benzene rings is 1. The van der Waals surface area contributed by atoms with Gasteiger partial charge in [-0.25, -0.2) is 0 Å². The van der Waals surface area contributed by atoms with Crippen molar-refractivity contribution in [3.8, 4) is 5.75 Å². The van der Waals surface area contributed by atoms with Gasteiger partial charge in [0, 0.05) is 18.2 Å². The molecule has 0 aliphatic rings. The van der Waals surface area contributed by atoms with Gasteiger partial charge in [-0.3, -0.25) is 0 Å². The van der Waals surface area contributed by atoms with E-state index in [0.29, 0.717) is 12.5 Å². The molecule has 96 valence electrons. The number of nitrogens with one attached hydrogen (secondary N) is 1. The van der Waals surface area contributed by atoms with Crippen LogP contribution >= 0.6 is 0 Å². The average molecular weight is 237 g/mol. The normalized spacial score (nSPS) is 12.8. The second-order valence-electron chi connectivity index (χ2n) is 4.45. The zero-order valence-electron chi connectivity index (χ0n) is 10.9. The minimum Gasteiger partial charge on any atom is -0.494 e. The molecule has 0 amide bonds. The van der Waals surface area contributed by atoms with Crippen LogP contribution in [-0.4, -0.2) is 24.4 Å². The number of hydrogen-bond acceptors (Lipinski definition) is 3. The van der Waals surface area contributed by atoms with E-state index in [-0.39, 0.29) is 12.6 Å². The van der Waals surface area contributed by atoms with E-state index in [1.165, 1.54) is 0 Å². The highest BCUT2D eigenvalue weighted by Crippen LogP contribution is 2.18. The molecular formula is C14H23NO2. The lowest BCUT2D eigenvalue weighted by atomic mass is 10.0. The molecule has 1 aromatic rings. The standard InChI is InChI=1S/C14H23NO2/c1-4-17-14-8-6-5-7-12(14)9-15-13(10-16)11(2)3/h5-8,11,13,15-16H,4,9-10H2,1-3H3. The Balaban J connectivity index is 2.61. The zero-order valence-corrected chi connectivity index (χ0v) is 10.9. The summed E-state index contributed by atoms with van der Waals surface area (Å²) in [6.45, 7) is 7.73. The second-order valence-corrected chi connectivity index (χ2v) is 4.45. The zero-order chi connectivity index (χ0) is 12.7. The van der Waals surface area contributed by atoms with E-state index in [4.69, 9.17) is 4.74 Å². The van der Waals surface area contributed by atoms with Gasteiger partial charge in [0.2, 0.25) is 0 Å². The molecule has 0 aliphatic heterocycles. The lowest BCUT2D eigenvalue weighted by molar-refractivity contribution is 0.209. The first-order valence-electron chi connectivity index (χ1n) is 6.24. The maximum absolute atomic E-state index is 9.25. The molecule has 2 N–H and O–H groups in total. The van der Waals surface area contributed by atoms with Crippen molar-refractivity contribution in [3.05, 3.63) is 29.8 Å². The maximum Gasteiger partial charge on any atom is 0.123 e. The van der Waals surface area contributed by atoms with Crippen molar-refractivity contribution in [2.75, 3.05) is 13.2 Å². The Bertz CT molecular complexity index is 326. The number of rotatable bonds is 7. The van der Waals surface area contributed by atoms with Gasteiger partial charge in [0.1, 0.15) is 5.75 Å². The van der Waals surface area contributed by atoms with Crippen LogP contribution in [0.3, 0.4) is 0 Å². The summed E-state index contributed by atoms with van der Waals surface area (Å²) < 4.78 is 5.56. The van der Waals surface area contributed by atoms with Gasteiger partial charge in [0.25, 0.3) is 0 Å². The lowest BCUT2D eigenvalue weighted by Gasteiger charge is -2.20. The third-order valence-corrected chi connectivity index (χ3v) is 2.83. The Kier molecular flexibility index (Phi) is 6.01. The van der Waals surface area contributed by atoms with E-state index < -0.39 is 0 Å². The van der Waals surface area contributed by atoms with Crippen molar-refractivity contribution in [2.24, 2.45) is 5.92 Å². The number of para-hydroxylation sites is 1. The van der Waals surface area contributed by atoms with Gasteiger partial charge in [-0.2, -0.15) is 0 Å². The highest BCUT2D eigenvalue weighted by molar-refractivity contribution is 5.33. The van der Waals surface area contributed by atoms with E-state index in [9.17, 15) is 5.11 Å². The number of aliphatic hydroxyl groups excluding tert-OH is 1. The first-order chi connectivity index (χ1) is 8.19. The van der Waals surface area contributed by atoms with Crippen molar-refractivity contribution in [1.82, 2.24) is 5.32 Å². The molecule has 0 heterocycles. The van der Waals surface area contributed by atoms with Gasteiger partial charge < -0.3 is 15.2 Å². The summed E-state index contributed by atoms with van der Waals surface area (Å²) in [5.74, 6) is 1.34. The van der Waals surface area contributed by atoms with Crippen LogP contribution in [0.15, 0.2) is 24.3 Å². The van der Waals surface area contributed by atoms with Gasteiger partial charge in [-0.1, -0.05) is 32.0 Å². The van der Waals surface area contributed by atoms with Crippen molar-refractivity contribution in [2.45, 2.75) is 33.4 Å². The maximum atomic E-state index is 9.25. The number of hydrogen-bond donors (Lipinski definition) is 2. The molecule has 0 saturated heterocycles. The fourth-order valence-corrected chi connectivity index (χ4v) is 1.70. The van der Waals surface area contributed by atoms with Crippen molar-refractivity contribution < 1.29 is 9.84 Å². The second kappa shape index (κ2) is 7.30. The molecule has 0 fully saturated rings. The van der Waals surface area contributed by atoms with Crippen LogP contribution in [0.1, 0.15) is 26.3 Å². The summed E-state index contributed by atoms with van der Waals surface area (Å²) in [6, 6.07) is 8.13. The minimum atomic E-state index is 0.129. The van der Waals surface area contributed by atoms with E-state index in [1.54, 1.807) is 0 Å². The van der Waals surface area contributed by atoms with Gasteiger partial charge in [0.05, 0.1) is 13.2 Å². The Morgan fingerprint density at radius 3 is 2.59 bits per heavy atom. The molecule has 1 rings (SSSR count). The molecule has 17 heavy (non-hydrogen) atoms. The van der Waals surface area contributed by atoms with Gasteiger partial charge in [0.15, 0.2) is 0 Å². The first kappa shape index (κ1) is 14.0. The van der Waals surface area contributed by atoms with Gasteiger partial charge >= 0.3 is 0 Å². The van der Waals surface area contributed by atoms with Crippen LogP contribution in [0.4, 0.5) is 0 Å². The molecule has 0 radical (unpaired) electrons. The van der Waals surface area contributed by atoms with E-state index in [1.807, 2.05) is 31.2 Å². The van der Waals surface area contributed by atoms with Crippen LogP contribution in [0.2, 0.25) is 0 Å². The summed E-state index contributed by atoms with van der Waals surface area (Å²) >= 11 is 0. The van der Waals surface area contributed by atoms with Crippen molar-refractivity contribution >= 4 is 0 Å². The third kappa shape index (κ3) is 4.36. The van der Waals surface area contributed by atoms with Crippen molar-refractivity contribution in [1.29, 1.82) is 0 Å². The first-order valence-corrected chi connectivity index (χ1v) is 6.24. The fourth-order valence-electron chi connectivity index (χ4n) is 1.70. The van der Waals surface area contributed by atoms with E-state index >= 15 is 0 Å². The topological polar surface area (TPSA) is 41.5 Å². The molecule has 0 saturated carbocycles. The molecule has 0 aromatic heterocycles. The molecule has 3 heteroatoms. The van der Waals surface area contributed by atoms with Gasteiger partial charge in [-0.15, -0.1) is 0 Å². The summed E-state index contributed by atoms with van der Waals surface area (Å²) in [5, 5.41) is 12.6. The van der Waals surface area contributed by atoms with E-state index in [2.05, 4.69) is 19.2 Å². The Morgan fingerprint density at radius 1 is 1.29 bits per heavy atom. The number of ether oxygens (including phenoxy) is 1. The highest BCUT2D eigenvalue weighted by Gasteiger charge is 2.12. The van der Waals surface area contributed by atoms with Crippen molar-refractivity contribution in [3.63, 3.8) is 0 Å². The lowest BCUT2D eigenvalue weighted by Crippen LogP contribution is -2.36. The molecule has 3 nitrogen and oxygen atoms in total.